The van der Waals surface area contributed by atoms with Crippen molar-refractivity contribution in [2.24, 2.45) is 0 Å². The lowest BCUT2D eigenvalue weighted by Crippen LogP contribution is -2.56. The van der Waals surface area contributed by atoms with Crippen LogP contribution in [0.3, 0.4) is 0 Å². The van der Waals surface area contributed by atoms with Crippen molar-refractivity contribution in [2.75, 3.05) is 13.1 Å². The van der Waals surface area contributed by atoms with Crippen LogP contribution in [0.5, 0.6) is 0 Å². The minimum absolute atomic E-state index is 0.214. The average Bonchev–Trinajstić information content (AvgIpc) is 3.16. The van der Waals surface area contributed by atoms with Crippen molar-refractivity contribution in [3.63, 3.8) is 0 Å². The number of piperidine rings is 1. The Morgan fingerprint density at radius 3 is 2.84 bits per heavy atom. The highest BCUT2D eigenvalue weighted by atomic mass is 16.5. The zero-order valence-electron chi connectivity index (χ0n) is 13.6. The van der Waals surface area contributed by atoms with Gasteiger partial charge in [-0.3, -0.25) is 4.79 Å². The van der Waals surface area contributed by atoms with E-state index in [0.29, 0.717) is 19.6 Å². The summed E-state index contributed by atoms with van der Waals surface area (Å²) in [5.74, 6) is -0.102. The molecule has 2 amide bonds. The monoisotopic (exact) mass is 344 g/mol. The molecular weight excluding hydrogens is 324 g/mol. The number of H-pyrrole nitrogens is 1. The molecule has 3 N–H and O–H groups in total. The van der Waals surface area contributed by atoms with E-state index in [-0.39, 0.29) is 24.3 Å². The van der Waals surface area contributed by atoms with Crippen LogP contribution in [0, 0.1) is 0 Å². The van der Waals surface area contributed by atoms with Gasteiger partial charge in [0.1, 0.15) is 0 Å². The summed E-state index contributed by atoms with van der Waals surface area (Å²) in [5.41, 5.74) is 0.992. The lowest BCUT2D eigenvalue weighted by Gasteiger charge is -2.37. The van der Waals surface area contributed by atoms with E-state index in [1.165, 1.54) is 11.1 Å². The van der Waals surface area contributed by atoms with Gasteiger partial charge in [0.25, 0.3) is 5.91 Å². The molecule has 132 valence electrons. The summed E-state index contributed by atoms with van der Waals surface area (Å²) in [6, 6.07) is 9.35. The number of nitrogens with zero attached hydrogens (tertiary/aromatic N) is 2. The fourth-order valence-electron chi connectivity index (χ4n) is 2.83. The number of carbonyl (C=O) groups is 2. The van der Waals surface area contributed by atoms with Gasteiger partial charge in [0.15, 0.2) is 5.82 Å². The third-order valence-electron chi connectivity index (χ3n) is 4.17. The van der Waals surface area contributed by atoms with Gasteiger partial charge in [0.05, 0.1) is 25.3 Å². The van der Waals surface area contributed by atoms with Crippen LogP contribution in [0.2, 0.25) is 0 Å². The first-order valence-corrected chi connectivity index (χ1v) is 8.07. The predicted molar refractivity (Wildman–Crippen MR) is 89.1 cm³/mol. The van der Waals surface area contributed by atoms with Gasteiger partial charge in [-0.15, -0.1) is 0 Å². The fourth-order valence-corrected chi connectivity index (χ4v) is 2.83. The van der Waals surface area contributed by atoms with E-state index in [4.69, 9.17) is 4.74 Å². The van der Waals surface area contributed by atoms with Gasteiger partial charge in [-0.2, -0.15) is 0 Å². The van der Waals surface area contributed by atoms with E-state index < -0.39 is 12.2 Å². The van der Waals surface area contributed by atoms with Crippen molar-refractivity contribution in [3.05, 3.63) is 54.1 Å². The molecule has 1 aliphatic rings. The highest BCUT2D eigenvalue weighted by molar-refractivity contribution is 5.90. The largest absolute Gasteiger partial charge is 0.465 e. The molecule has 1 aromatic carbocycles. The Morgan fingerprint density at radius 2 is 2.16 bits per heavy atom. The molecule has 0 spiro atoms. The van der Waals surface area contributed by atoms with Crippen LogP contribution in [-0.4, -0.2) is 57.2 Å². The van der Waals surface area contributed by atoms with Gasteiger partial charge >= 0.3 is 6.09 Å². The maximum atomic E-state index is 12.2. The molecule has 2 aromatic rings. The number of aromatic nitrogens is 2. The Balaban J connectivity index is 1.66. The molecule has 25 heavy (non-hydrogen) atoms. The topological polar surface area (TPSA) is 108 Å². The van der Waals surface area contributed by atoms with Crippen LogP contribution in [0.1, 0.15) is 22.6 Å². The molecule has 0 saturated carbocycles. The molecule has 0 radical (unpaired) electrons. The summed E-state index contributed by atoms with van der Waals surface area (Å²) >= 11 is 0. The molecule has 1 fully saturated rings. The second-order valence-electron chi connectivity index (χ2n) is 5.87. The lowest BCUT2D eigenvalue weighted by molar-refractivity contribution is -0.0251. The van der Waals surface area contributed by atoms with Crippen LogP contribution in [-0.2, 0) is 11.3 Å². The molecule has 3 rings (SSSR count). The van der Waals surface area contributed by atoms with E-state index >= 15 is 0 Å². The summed E-state index contributed by atoms with van der Waals surface area (Å²) in [6.07, 6.45) is 2.16. The molecule has 1 saturated heterocycles. The quantitative estimate of drug-likeness (QED) is 0.761. The number of amides is 2. The third kappa shape index (κ3) is 4.36. The number of likely N-dealkylation sites (tertiary alicyclic amines) is 1. The Bertz CT molecular complexity index is 705. The van der Waals surface area contributed by atoms with Crippen molar-refractivity contribution in [1.29, 1.82) is 0 Å². The highest BCUT2D eigenvalue weighted by Gasteiger charge is 2.33. The number of hydrogen-bond acceptors (Lipinski definition) is 4. The third-order valence-corrected chi connectivity index (χ3v) is 4.17. The van der Waals surface area contributed by atoms with Gasteiger partial charge in [0.2, 0.25) is 0 Å². The summed E-state index contributed by atoms with van der Waals surface area (Å²) in [7, 11) is 0. The molecule has 8 heteroatoms. The number of hydrogen-bond donors (Lipinski definition) is 3. The number of carbonyl (C=O) groups excluding carboxylic acids is 1. The molecule has 1 aliphatic heterocycles. The number of carboxylic acid groups (broad SMARTS) is 1. The highest BCUT2D eigenvalue weighted by Crippen LogP contribution is 2.17. The first-order chi connectivity index (χ1) is 12.1. The van der Waals surface area contributed by atoms with E-state index in [1.54, 1.807) is 6.20 Å². The maximum Gasteiger partial charge on any atom is 0.407 e. The standard InChI is InChI=1S/C17H20N4O4/c22-16(15-18-7-8-19-15)20-13-6-9-21(17(23)24)10-14(13)25-11-12-4-2-1-3-5-12/h1-5,7-8,13-14H,6,9-11H2,(H,18,19)(H,20,22)(H,23,24)/t13-,14+/m1/s1. The van der Waals surface area contributed by atoms with Crippen LogP contribution < -0.4 is 5.32 Å². The van der Waals surface area contributed by atoms with Crippen molar-refractivity contribution in [3.8, 4) is 0 Å². The minimum atomic E-state index is -0.982. The number of imidazole rings is 1. The van der Waals surface area contributed by atoms with Crippen LogP contribution in [0.4, 0.5) is 4.79 Å². The smallest absolute Gasteiger partial charge is 0.407 e. The van der Waals surface area contributed by atoms with Crippen LogP contribution in [0.25, 0.3) is 0 Å². The van der Waals surface area contributed by atoms with Gasteiger partial charge < -0.3 is 25.0 Å². The molecule has 0 aliphatic carbocycles. The Labute approximate surface area is 144 Å². The van der Waals surface area contributed by atoms with E-state index in [9.17, 15) is 14.7 Å². The Morgan fingerprint density at radius 1 is 1.36 bits per heavy atom. The van der Waals surface area contributed by atoms with Crippen LogP contribution >= 0.6 is 0 Å². The number of rotatable bonds is 5. The first kappa shape index (κ1) is 17.0. The van der Waals surface area contributed by atoms with Gasteiger partial charge in [-0.25, -0.2) is 9.78 Å². The summed E-state index contributed by atoms with van der Waals surface area (Å²) in [5, 5.41) is 12.1. The lowest BCUT2D eigenvalue weighted by atomic mass is 10.0. The van der Waals surface area contributed by atoms with Crippen molar-refractivity contribution in [1.82, 2.24) is 20.2 Å². The summed E-state index contributed by atoms with van der Waals surface area (Å²) in [4.78, 5) is 31.5. The van der Waals surface area contributed by atoms with E-state index in [2.05, 4.69) is 15.3 Å². The zero-order chi connectivity index (χ0) is 17.6. The van der Waals surface area contributed by atoms with E-state index in [1.807, 2.05) is 30.3 Å². The molecule has 2 heterocycles. The predicted octanol–water partition coefficient (Wildman–Crippen LogP) is 1.48. The summed E-state index contributed by atoms with van der Waals surface area (Å²) in [6.45, 7) is 0.918. The number of aromatic amines is 1. The van der Waals surface area contributed by atoms with E-state index in [0.717, 1.165) is 5.56 Å². The second-order valence-corrected chi connectivity index (χ2v) is 5.87. The minimum Gasteiger partial charge on any atom is -0.465 e. The Kier molecular flexibility index (Phi) is 5.30. The average molecular weight is 344 g/mol. The van der Waals surface area contributed by atoms with Crippen molar-refractivity contribution >= 4 is 12.0 Å². The number of ether oxygens (including phenoxy) is 1. The maximum absolute atomic E-state index is 12.2. The molecular formula is C17H20N4O4. The van der Waals surface area contributed by atoms with Gasteiger partial charge in [-0.1, -0.05) is 30.3 Å². The van der Waals surface area contributed by atoms with Gasteiger partial charge in [-0.05, 0) is 12.0 Å². The number of nitrogens with one attached hydrogen (secondary N) is 2. The first-order valence-electron chi connectivity index (χ1n) is 8.07. The second kappa shape index (κ2) is 7.80. The molecule has 0 bridgehead atoms. The van der Waals surface area contributed by atoms with Crippen molar-refractivity contribution < 1.29 is 19.4 Å². The molecule has 0 unspecified atom stereocenters. The SMILES string of the molecule is O=C(N[C@@H]1CCN(C(=O)O)C[C@@H]1OCc1ccccc1)c1ncc[nH]1. The normalized spacial score (nSPS) is 20.2. The fraction of sp³-hybridized carbons (Fsp3) is 0.353. The number of benzene rings is 1. The summed E-state index contributed by atoms with van der Waals surface area (Å²) < 4.78 is 5.93. The van der Waals surface area contributed by atoms with Gasteiger partial charge in [0, 0.05) is 18.9 Å². The Hall–Kier alpha value is -2.87. The van der Waals surface area contributed by atoms with Crippen LogP contribution in [0.15, 0.2) is 42.7 Å². The zero-order valence-corrected chi connectivity index (χ0v) is 13.6. The van der Waals surface area contributed by atoms with Crippen molar-refractivity contribution in [2.45, 2.75) is 25.2 Å². The molecule has 2 atom stereocenters. The molecule has 1 aromatic heterocycles. The molecule has 8 nitrogen and oxygen atoms in total.